The number of rotatable bonds is 4. The van der Waals surface area contributed by atoms with Gasteiger partial charge >= 0.3 is 0 Å². The summed E-state index contributed by atoms with van der Waals surface area (Å²) in [5, 5.41) is 41.2. The smallest absolute Gasteiger partial charge is 0.225 e. The molecule has 0 radical (unpaired) electrons. The van der Waals surface area contributed by atoms with Gasteiger partial charge < -0.3 is 29.9 Å². The van der Waals surface area contributed by atoms with Crippen molar-refractivity contribution < 1.29 is 29.9 Å². The van der Waals surface area contributed by atoms with Gasteiger partial charge in [-0.15, -0.1) is 0 Å². The van der Waals surface area contributed by atoms with Crippen LogP contribution in [-0.4, -0.2) is 51.4 Å². The fourth-order valence-electron chi connectivity index (χ4n) is 4.18. The van der Waals surface area contributed by atoms with Gasteiger partial charge in [0.1, 0.15) is 24.4 Å². The fraction of sp³-hybridized carbons (Fsp3) is 0.455. The van der Waals surface area contributed by atoms with Gasteiger partial charge in [0.05, 0.1) is 13.2 Å². The van der Waals surface area contributed by atoms with Crippen LogP contribution in [0.4, 0.5) is 0 Å². The standard InChI is InChI=1S/C22H25ClO6/c1-2-12-3-5-13(6-4-12)9-14-15-11-28-22(16(15)7-8-17(14)23)21(27)20(26)19(25)18(10-24)29-22/h3-8,18-21,24-27H,2,9-11H2,1H3. The summed E-state index contributed by atoms with van der Waals surface area (Å²) in [6.45, 7) is 1.72. The average molecular weight is 421 g/mol. The van der Waals surface area contributed by atoms with Crippen molar-refractivity contribution in [2.45, 2.75) is 56.6 Å². The summed E-state index contributed by atoms with van der Waals surface area (Å²) in [5.41, 5.74) is 4.55. The number of fused-ring (bicyclic) bond motifs is 2. The first-order valence-electron chi connectivity index (χ1n) is 9.76. The Morgan fingerprint density at radius 2 is 1.72 bits per heavy atom. The number of aliphatic hydroxyl groups is 4. The number of halogens is 1. The molecule has 4 N–H and O–H groups in total. The lowest BCUT2D eigenvalue weighted by Crippen LogP contribution is -2.63. The molecule has 6 nitrogen and oxygen atoms in total. The molecule has 5 unspecified atom stereocenters. The van der Waals surface area contributed by atoms with Crippen LogP contribution < -0.4 is 0 Å². The molecule has 2 aliphatic rings. The third kappa shape index (κ3) is 3.39. The summed E-state index contributed by atoms with van der Waals surface area (Å²) in [5.74, 6) is -1.66. The van der Waals surface area contributed by atoms with Crippen molar-refractivity contribution in [2.24, 2.45) is 0 Å². The Morgan fingerprint density at radius 1 is 1.03 bits per heavy atom. The Balaban J connectivity index is 1.73. The lowest BCUT2D eigenvalue weighted by Gasteiger charge is -2.46. The number of aryl methyl sites for hydroxylation is 1. The summed E-state index contributed by atoms with van der Waals surface area (Å²) in [6, 6.07) is 11.7. The van der Waals surface area contributed by atoms with Crippen LogP contribution in [-0.2, 0) is 34.7 Å². The van der Waals surface area contributed by atoms with Gasteiger partial charge in [0, 0.05) is 10.6 Å². The van der Waals surface area contributed by atoms with E-state index in [0.29, 0.717) is 17.0 Å². The first kappa shape index (κ1) is 20.8. The number of benzene rings is 2. The number of hydrogen-bond donors (Lipinski definition) is 4. The summed E-state index contributed by atoms with van der Waals surface area (Å²) in [7, 11) is 0. The molecule has 2 aliphatic heterocycles. The minimum absolute atomic E-state index is 0.135. The molecular weight excluding hydrogens is 396 g/mol. The normalized spacial score (nSPS) is 31.2. The van der Waals surface area contributed by atoms with E-state index in [1.165, 1.54) is 5.56 Å². The van der Waals surface area contributed by atoms with Gasteiger partial charge in [-0.05, 0) is 41.2 Å². The van der Waals surface area contributed by atoms with Crippen LogP contribution in [0.1, 0.15) is 34.7 Å². The summed E-state index contributed by atoms with van der Waals surface area (Å²) >= 11 is 6.50. The predicted octanol–water partition coefficient (Wildman–Crippen LogP) is 1.65. The Labute approximate surface area is 174 Å². The quantitative estimate of drug-likeness (QED) is 0.600. The molecule has 1 spiro atoms. The minimum atomic E-state index is -1.66. The van der Waals surface area contributed by atoms with Crippen LogP contribution in [0, 0.1) is 0 Å². The van der Waals surface area contributed by atoms with E-state index in [0.717, 1.165) is 23.1 Å². The fourth-order valence-corrected chi connectivity index (χ4v) is 4.43. The molecule has 0 bridgehead atoms. The maximum absolute atomic E-state index is 10.7. The molecule has 0 aliphatic carbocycles. The van der Waals surface area contributed by atoms with Gasteiger partial charge in [-0.25, -0.2) is 0 Å². The van der Waals surface area contributed by atoms with Crippen LogP contribution in [0.2, 0.25) is 5.02 Å². The highest BCUT2D eigenvalue weighted by Crippen LogP contribution is 2.47. The Bertz CT molecular complexity index is 884. The molecule has 2 aromatic carbocycles. The van der Waals surface area contributed by atoms with E-state index in [1.54, 1.807) is 12.1 Å². The van der Waals surface area contributed by atoms with E-state index < -0.39 is 36.8 Å². The molecule has 156 valence electrons. The number of aliphatic hydroxyl groups excluding tert-OH is 4. The van der Waals surface area contributed by atoms with Gasteiger partial charge in [-0.1, -0.05) is 48.9 Å². The zero-order valence-electron chi connectivity index (χ0n) is 16.1. The monoisotopic (exact) mass is 420 g/mol. The topological polar surface area (TPSA) is 99.4 Å². The molecule has 0 saturated carbocycles. The van der Waals surface area contributed by atoms with Gasteiger partial charge in [0.2, 0.25) is 5.79 Å². The molecule has 29 heavy (non-hydrogen) atoms. The van der Waals surface area contributed by atoms with Crippen LogP contribution in [0.15, 0.2) is 36.4 Å². The third-order valence-electron chi connectivity index (χ3n) is 5.94. The van der Waals surface area contributed by atoms with Crippen molar-refractivity contribution in [3.05, 3.63) is 69.2 Å². The van der Waals surface area contributed by atoms with Crippen LogP contribution >= 0.6 is 11.6 Å². The van der Waals surface area contributed by atoms with E-state index in [4.69, 9.17) is 21.1 Å². The second-order valence-corrected chi connectivity index (χ2v) is 8.03. The Kier molecular flexibility index (Phi) is 5.70. The molecule has 4 rings (SSSR count). The second-order valence-electron chi connectivity index (χ2n) is 7.62. The Hall–Kier alpha value is -1.51. The minimum Gasteiger partial charge on any atom is -0.394 e. The molecule has 2 aromatic rings. The molecule has 1 fully saturated rings. The first-order chi connectivity index (χ1) is 13.9. The van der Waals surface area contributed by atoms with E-state index in [1.807, 2.05) is 0 Å². The molecule has 2 heterocycles. The zero-order valence-corrected chi connectivity index (χ0v) is 16.8. The highest BCUT2D eigenvalue weighted by molar-refractivity contribution is 6.31. The predicted molar refractivity (Wildman–Crippen MR) is 107 cm³/mol. The van der Waals surface area contributed by atoms with Crippen LogP contribution in [0.25, 0.3) is 0 Å². The second kappa shape index (κ2) is 7.96. The van der Waals surface area contributed by atoms with E-state index in [2.05, 4.69) is 31.2 Å². The molecule has 5 atom stereocenters. The van der Waals surface area contributed by atoms with Gasteiger partial charge in [-0.3, -0.25) is 0 Å². The molecular formula is C22H25ClO6. The van der Waals surface area contributed by atoms with Gasteiger partial charge in [-0.2, -0.15) is 0 Å². The average Bonchev–Trinajstić information content (AvgIpc) is 3.11. The summed E-state index contributed by atoms with van der Waals surface area (Å²) in [6.07, 6.45) is -3.99. The zero-order chi connectivity index (χ0) is 20.8. The van der Waals surface area contributed by atoms with E-state index in [-0.39, 0.29) is 6.61 Å². The molecule has 1 saturated heterocycles. The Morgan fingerprint density at radius 3 is 2.38 bits per heavy atom. The largest absolute Gasteiger partial charge is 0.394 e. The highest BCUT2D eigenvalue weighted by Gasteiger charge is 2.58. The number of ether oxygens (including phenoxy) is 2. The molecule has 0 amide bonds. The van der Waals surface area contributed by atoms with Crippen molar-refractivity contribution in [2.75, 3.05) is 6.61 Å². The molecule has 0 aromatic heterocycles. The van der Waals surface area contributed by atoms with Crippen LogP contribution in [0.5, 0.6) is 0 Å². The van der Waals surface area contributed by atoms with E-state index >= 15 is 0 Å². The van der Waals surface area contributed by atoms with Crippen molar-refractivity contribution in [3.8, 4) is 0 Å². The maximum Gasteiger partial charge on any atom is 0.225 e. The summed E-state index contributed by atoms with van der Waals surface area (Å²) in [4.78, 5) is 0. The SMILES string of the molecule is CCc1ccc(Cc2c(Cl)ccc3c2COC32OC(CO)C(O)C(O)C2O)cc1. The van der Waals surface area contributed by atoms with Crippen molar-refractivity contribution in [1.82, 2.24) is 0 Å². The van der Waals surface area contributed by atoms with Gasteiger partial charge in [0.25, 0.3) is 0 Å². The van der Waals surface area contributed by atoms with Crippen molar-refractivity contribution in [1.29, 1.82) is 0 Å². The first-order valence-corrected chi connectivity index (χ1v) is 10.1. The van der Waals surface area contributed by atoms with E-state index in [9.17, 15) is 20.4 Å². The lowest BCUT2D eigenvalue weighted by atomic mass is 9.86. The highest BCUT2D eigenvalue weighted by atomic mass is 35.5. The number of hydrogen-bond acceptors (Lipinski definition) is 6. The van der Waals surface area contributed by atoms with Gasteiger partial charge in [0.15, 0.2) is 0 Å². The third-order valence-corrected chi connectivity index (χ3v) is 6.30. The van der Waals surface area contributed by atoms with Crippen molar-refractivity contribution >= 4 is 11.6 Å². The maximum atomic E-state index is 10.7. The molecule has 7 heteroatoms. The summed E-state index contributed by atoms with van der Waals surface area (Å²) < 4.78 is 11.7. The lowest BCUT2D eigenvalue weighted by molar-refractivity contribution is -0.368. The van der Waals surface area contributed by atoms with Crippen molar-refractivity contribution in [3.63, 3.8) is 0 Å². The van der Waals surface area contributed by atoms with Crippen LogP contribution in [0.3, 0.4) is 0 Å².